The second-order valence-corrected chi connectivity index (χ2v) is 5.19. The number of esters is 1. The standard InChI is InChI=1S/C19H13FO4/c20-14-8-5-13(6-9-14)17(21)11-24-19(23)16-10-7-12-3-1-2-4-15(12)18(16)22/h1-10,22H,11H2. The molecule has 0 aliphatic rings. The van der Waals surface area contributed by atoms with Crippen LogP contribution < -0.4 is 0 Å². The van der Waals surface area contributed by atoms with Crippen molar-refractivity contribution in [1.29, 1.82) is 0 Å². The van der Waals surface area contributed by atoms with Gasteiger partial charge in [0.15, 0.2) is 12.4 Å². The predicted octanol–water partition coefficient (Wildman–Crippen LogP) is 3.72. The Morgan fingerprint density at radius 3 is 2.42 bits per heavy atom. The van der Waals surface area contributed by atoms with E-state index in [9.17, 15) is 19.1 Å². The highest BCUT2D eigenvalue weighted by Crippen LogP contribution is 2.29. The molecule has 0 bridgehead atoms. The molecule has 0 radical (unpaired) electrons. The summed E-state index contributed by atoms with van der Waals surface area (Å²) in [6.07, 6.45) is 0. The van der Waals surface area contributed by atoms with Gasteiger partial charge in [0.05, 0.1) is 0 Å². The summed E-state index contributed by atoms with van der Waals surface area (Å²) < 4.78 is 17.8. The van der Waals surface area contributed by atoms with Gasteiger partial charge in [-0.3, -0.25) is 4.79 Å². The number of carbonyl (C=O) groups is 2. The molecule has 120 valence electrons. The molecule has 0 fully saturated rings. The number of hydrogen-bond acceptors (Lipinski definition) is 4. The highest BCUT2D eigenvalue weighted by Gasteiger charge is 2.17. The topological polar surface area (TPSA) is 63.6 Å². The molecule has 0 heterocycles. The summed E-state index contributed by atoms with van der Waals surface area (Å²) in [7, 11) is 0. The van der Waals surface area contributed by atoms with Crippen molar-refractivity contribution in [1.82, 2.24) is 0 Å². The lowest BCUT2D eigenvalue weighted by Gasteiger charge is -2.08. The number of phenolic OH excluding ortho intramolecular Hbond substituents is 1. The number of ketones is 1. The first-order valence-corrected chi connectivity index (χ1v) is 7.23. The Morgan fingerprint density at radius 1 is 0.958 bits per heavy atom. The van der Waals surface area contributed by atoms with Gasteiger partial charge < -0.3 is 9.84 Å². The monoisotopic (exact) mass is 324 g/mol. The molecule has 0 spiro atoms. The number of carbonyl (C=O) groups excluding carboxylic acids is 2. The van der Waals surface area contributed by atoms with Crippen LogP contribution in [-0.4, -0.2) is 23.5 Å². The van der Waals surface area contributed by atoms with Crippen LogP contribution in [0, 0.1) is 5.82 Å². The van der Waals surface area contributed by atoms with Crippen LogP contribution in [0.15, 0.2) is 60.7 Å². The molecule has 4 nitrogen and oxygen atoms in total. The molecule has 0 amide bonds. The van der Waals surface area contributed by atoms with E-state index in [1.165, 1.54) is 18.2 Å². The lowest BCUT2D eigenvalue weighted by Crippen LogP contribution is -2.14. The van der Waals surface area contributed by atoms with Crippen molar-refractivity contribution in [3.63, 3.8) is 0 Å². The van der Waals surface area contributed by atoms with Gasteiger partial charge in [0, 0.05) is 10.9 Å². The maximum absolute atomic E-state index is 12.8. The second-order valence-electron chi connectivity index (χ2n) is 5.19. The van der Waals surface area contributed by atoms with Gasteiger partial charge in [0.2, 0.25) is 0 Å². The molecule has 24 heavy (non-hydrogen) atoms. The molecule has 3 rings (SSSR count). The molecular weight excluding hydrogens is 311 g/mol. The summed E-state index contributed by atoms with van der Waals surface area (Å²) in [5.41, 5.74) is 0.229. The van der Waals surface area contributed by atoms with Crippen LogP contribution in [0.3, 0.4) is 0 Å². The normalized spacial score (nSPS) is 10.5. The van der Waals surface area contributed by atoms with Crippen LogP contribution in [-0.2, 0) is 4.74 Å². The molecule has 5 heteroatoms. The van der Waals surface area contributed by atoms with Crippen molar-refractivity contribution in [2.75, 3.05) is 6.61 Å². The maximum atomic E-state index is 12.8. The zero-order chi connectivity index (χ0) is 17.1. The number of benzene rings is 3. The average molecular weight is 324 g/mol. The summed E-state index contributed by atoms with van der Waals surface area (Å²) in [6.45, 7) is -0.489. The van der Waals surface area contributed by atoms with Crippen LogP contribution in [0.4, 0.5) is 4.39 Å². The Kier molecular flexibility index (Phi) is 4.24. The van der Waals surface area contributed by atoms with Gasteiger partial charge in [-0.05, 0) is 35.7 Å². The van der Waals surface area contributed by atoms with E-state index in [0.717, 1.165) is 17.5 Å². The van der Waals surface area contributed by atoms with Gasteiger partial charge in [0.1, 0.15) is 17.1 Å². The predicted molar refractivity (Wildman–Crippen MR) is 86.6 cm³/mol. The third-order valence-electron chi connectivity index (χ3n) is 3.62. The van der Waals surface area contributed by atoms with Gasteiger partial charge in [-0.25, -0.2) is 9.18 Å². The number of phenols is 1. The van der Waals surface area contributed by atoms with Crippen molar-refractivity contribution in [3.8, 4) is 5.75 Å². The van der Waals surface area contributed by atoms with Gasteiger partial charge in [-0.15, -0.1) is 0 Å². The van der Waals surface area contributed by atoms with E-state index in [2.05, 4.69) is 0 Å². The Balaban J connectivity index is 1.74. The van der Waals surface area contributed by atoms with Crippen molar-refractivity contribution in [2.45, 2.75) is 0 Å². The zero-order valence-electron chi connectivity index (χ0n) is 12.5. The summed E-state index contributed by atoms with van der Waals surface area (Å²) in [4.78, 5) is 24.0. The fourth-order valence-electron chi connectivity index (χ4n) is 2.35. The van der Waals surface area contributed by atoms with Crippen molar-refractivity contribution < 1.29 is 23.8 Å². The first-order valence-electron chi connectivity index (χ1n) is 7.23. The highest BCUT2D eigenvalue weighted by molar-refractivity contribution is 6.03. The molecule has 0 aromatic heterocycles. The molecule has 0 aliphatic heterocycles. The van der Waals surface area contributed by atoms with Gasteiger partial charge in [0.25, 0.3) is 0 Å². The molecule has 3 aromatic rings. The molecule has 0 atom stereocenters. The van der Waals surface area contributed by atoms with Gasteiger partial charge in [-0.2, -0.15) is 0 Å². The third kappa shape index (κ3) is 3.10. The van der Waals surface area contributed by atoms with Crippen LogP contribution in [0.2, 0.25) is 0 Å². The van der Waals surface area contributed by atoms with E-state index in [1.807, 2.05) is 12.1 Å². The van der Waals surface area contributed by atoms with Crippen molar-refractivity contribution >= 4 is 22.5 Å². The number of aromatic hydroxyl groups is 1. The van der Waals surface area contributed by atoms with E-state index in [-0.39, 0.29) is 16.9 Å². The van der Waals surface area contributed by atoms with Crippen molar-refractivity contribution in [2.24, 2.45) is 0 Å². The van der Waals surface area contributed by atoms with E-state index >= 15 is 0 Å². The minimum absolute atomic E-state index is 0.0133. The van der Waals surface area contributed by atoms with Crippen molar-refractivity contribution in [3.05, 3.63) is 77.6 Å². The Labute approximate surface area is 137 Å². The largest absolute Gasteiger partial charge is 0.506 e. The molecule has 0 aliphatic carbocycles. The number of ether oxygens (including phenoxy) is 1. The zero-order valence-corrected chi connectivity index (χ0v) is 12.5. The molecular formula is C19H13FO4. The third-order valence-corrected chi connectivity index (χ3v) is 3.62. The Hall–Kier alpha value is -3.21. The van der Waals surface area contributed by atoms with Crippen LogP contribution in [0.1, 0.15) is 20.7 Å². The molecule has 0 saturated carbocycles. The quantitative estimate of drug-likeness (QED) is 0.587. The van der Waals surface area contributed by atoms with Gasteiger partial charge in [-0.1, -0.05) is 30.3 Å². The van der Waals surface area contributed by atoms with E-state index in [4.69, 9.17) is 4.74 Å². The molecule has 0 unspecified atom stereocenters. The SMILES string of the molecule is O=C(COC(=O)c1ccc2ccccc2c1O)c1ccc(F)cc1. The number of hydrogen-bond donors (Lipinski definition) is 1. The molecule has 3 aromatic carbocycles. The van der Waals surface area contributed by atoms with Crippen LogP contribution in [0.5, 0.6) is 5.75 Å². The number of rotatable bonds is 4. The minimum Gasteiger partial charge on any atom is -0.506 e. The molecule has 1 N–H and O–H groups in total. The molecule has 0 saturated heterocycles. The number of halogens is 1. The second kappa shape index (κ2) is 6.50. The Bertz CT molecular complexity index is 916. The van der Waals surface area contributed by atoms with E-state index < -0.39 is 24.2 Å². The summed E-state index contributed by atoms with van der Waals surface area (Å²) in [5, 5.41) is 11.5. The van der Waals surface area contributed by atoms with Crippen LogP contribution >= 0.6 is 0 Å². The number of fused-ring (bicyclic) bond motifs is 1. The fraction of sp³-hybridized carbons (Fsp3) is 0.0526. The Morgan fingerprint density at radius 2 is 1.67 bits per heavy atom. The minimum atomic E-state index is -0.797. The highest BCUT2D eigenvalue weighted by atomic mass is 19.1. The lowest BCUT2D eigenvalue weighted by molar-refractivity contribution is 0.0472. The van der Waals surface area contributed by atoms with Gasteiger partial charge >= 0.3 is 5.97 Å². The summed E-state index contributed by atoms with van der Waals surface area (Å²) in [5.74, 6) is -1.89. The first kappa shape index (κ1) is 15.7. The van der Waals surface area contributed by atoms with E-state index in [1.54, 1.807) is 18.2 Å². The van der Waals surface area contributed by atoms with Crippen LogP contribution in [0.25, 0.3) is 10.8 Å². The average Bonchev–Trinajstić information content (AvgIpc) is 2.60. The maximum Gasteiger partial charge on any atom is 0.342 e. The van der Waals surface area contributed by atoms with E-state index in [0.29, 0.717) is 5.39 Å². The first-order chi connectivity index (χ1) is 11.6. The lowest BCUT2D eigenvalue weighted by atomic mass is 10.1. The fourth-order valence-corrected chi connectivity index (χ4v) is 2.35. The summed E-state index contributed by atoms with van der Waals surface area (Å²) >= 11 is 0. The smallest absolute Gasteiger partial charge is 0.342 e. The summed E-state index contributed by atoms with van der Waals surface area (Å²) in [6, 6.07) is 15.1. The number of Topliss-reactive ketones (excluding diaryl/α,β-unsaturated/α-hetero) is 1.